The van der Waals surface area contributed by atoms with Crippen LogP contribution in [0, 0.1) is 0 Å². The molecule has 0 aromatic heterocycles. The summed E-state index contributed by atoms with van der Waals surface area (Å²) in [5, 5.41) is 19.8. The van der Waals surface area contributed by atoms with Gasteiger partial charge >= 0.3 is 7.12 Å². The highest BCUT2D eigenvalue weighted by molar-refractivity contribution is 6.61. The summed E-state index contributed by atoms with van der Waals surface area (Å²) in [6, 6.07) is 11.4. The number of benzene rings is 2. The molecule has 0 saturated carbocycles. The molecular weight excluding hydrogens is 258 g/mol. The summed E-state index contributed by atoms with van der Waals surface area (Å²) in [5.41, 5.74) is 4.33. The molecule has 0 amide bonds. The molecule has 2 aromatic carbocycles. The van der Waals surface area contributed by atoms with Gasteiger partial charge in [0.1, 0.15) is 0 Å². The first-order chi connectivity index (χ1) is 8.94. The molecule has 96 valence electrons. The van der Waals surface area contributed by atoms with Crippen LogP contribution in [0.4, 0.5) is 0 Å². The van der Waals surface area contributed by atoms with Gasteiger partial charge in [0.15, 0.2) is 0 Å². The number of hydrogen-bond donors (Lipinski definition) is 2. The first-order valence-electron chi connectivity index (χ1n) is 6.23. The lowest BCUT2D eigenvalue weighted by atomic mass is 9.74. The van der Waals surface area contributed by atoms with Crippen molar-refractivity contribution < 1.29 is 10.0 Å². The third-order valence-corrected chi connectivity index (χ3v) is 4.30. The summed E-state index contributed by atoms with van der Waals surface area (Å²) < 4.78 is 0. The lowest BCUT2D eigenvalue weighted by Crippen LogP contribution is -2.32. The Kier molecular flexibility index (Phi) is 2.75. The van der Waals surface area contributed by atoms with Gasteiger partial charge in [0.2, 0.25) is 0 Å². The molecule has 0 aliphatic heterocycles. The van der Waals surface area contributed by atoms with E-state index in [4.69, 9.17) is 11.6 Å². The van der Waals surface area contributed by atoms with E-state index in [1.165, 1.54) is 0 Å². The van der Waals surface area contributed by atoms with Crippen molar-refractivity contribution in [2.75, 3.05) is 0 Å². The Morgan fingerprint density at radius 3 is 2.16 bits per heavy atom. The molecule has 3 rings (SSSR count). The van der Waals surface area contributed by atoms with Crippen LogP contribution in [0.3, 0.4) is 0 Å². The Labute approximate surface area is 117 Å². The average molecular weight is 273 g/mol. The molecule has 0 bridgehead atoms. The maximum Gasteiger partial charge on any atom is 0.489 e. The third-order valence-electron chi connectivity index (χ3n) is 3.99. The SMILES string of the molecule is CC1(C)c2cccc(Cl)c2-c2c(B(O)O)cccc21. The van der Waals surface area contributed by atoms with Gasteiger partial charge in [-0.15, -0.1) is 0 Å². The molecule has 0 heterocycles. The second kappa shape index (κ2) is 4.10. The zero-order chi connectivity index (χ0) is 13.8. The van der Waals surface area contributed by atoms with Crippen molar-refractivity contribution in [1.29, 1.82) is 0 Å². The minimum Gasteiger partial charge on any atom is -0.423 e. The van der Waals surface area contributed by atoms with E-state index >= 15 is 0 Å². The van der Waals surface area contributed by atoms with Crippen molar-refractivity contribution in [3.8, 4) is 11.1 Å². The van der Waals surface area contributed by atoms with Crippen LogP contribution in [-0.4, -0.2) is 17.2 Å². The van der Waals surface area contributed by atoms with Gasteiger partial charge in [0, 0.05) is 16.0 Å². The molecule has 0 unspecified atom stereocenters. The van der Waals surface area contributed by atoms with E-state index in [9.17, 15) is 10.0 Å². The lowest BCUT2D eigenvalue weighted by molar-refractivity contribution is 0.426. The highest BCUT2D eigenvalue weighted by Gasteiger charge is 2.39. The predicted octanol–water partition coefficient (Wildman–Crippen LogP) is 2.33. The van der Waals surface area contributed by atoms with Crippen LogP contribution in [0.5, 0.6) is 0 Å². The minimum atomic E-state index is -1.49. The fourth-order valence-corrected chi connectivity index (χ4v) is 3.30. The van der Waals surface area contributed by atoms with Crippen LogP contribution in [0.25, 0.3) is 11.1 Å². The number of rotatable bonds is 1. The van der Waals surface area contributed by atoms with Gasteiger partial charge in [-0.25, -0.2) is 0 Å². The van der Waals surface area contributed by atoms with Gasteiger partial charge < -0.3 is 10.0 Å². The molecule has 19 heavy (non-hydrogen) atoms. The van der Waals surface area contributed by atoms with Crippen LogP contribution in [0.2, 0.25) is 5.02 Å². The number of fused-ring (bicyclic) bond motifs is 3. The molecule has 0 fully saturated rings. The van der Waals surface area contributed by atoms with Gasteiger partial charge in [-0.2, -0.15) is 0 Å². The molecule has 0 atom stereocenters. The van der Waals surface area contributed by atoms with Gasteiger partial charge in [-0.1, -0.05) is 55.8 Å². The Morgan fingerprint density at radius 2 is 1.53 bits per heavy atom. The first kappa shape index (κ1) is 12.7. The first-order valence-corrected chi connectivity index (χ1v) is 6.61. The molecular formula is C15H14BClO2. The lowest BCUT2D eigenvalue weighted by Gasteiger charge is -2.21. The molecule has 0 saturated heterocycles. The summed E-state index contributed by atoms with van der Waals surface area (Å²) in [5.74, 6) is 0. The van der Waals surface area contributed by atoms with Crippen molar-refractivity contribution in [2.24, 2.45) is 0 Å². The molecule has 1 aliphatic rings. The highest BCUT2D eigenvalue weighted by atomic mass is 35.5. The van der Waals surface area contributed by atoms with E-state index in [1.54, 1.807) is 6.07 Å². The monoisotopic (exact) mass is 272 g/mol. The molecule has 0 spiro atoms. The van der Waals surface area contributed by atoms with Crippen LogP contribution >= 0.6 is 11.6 Å². The Morgan fingerprint density at radius 1 is 0.947 bits per heavy atom. The topological polar surface area (TPSA) is 40.5 Å². The normalized spacial score (nSPS) is 15.0. The quantitative estimate of drug-likeness (QED) is 0.782. The Bertz CT molecular complexity index is 665. The van der Waals surface area contributed by atoms with Gasteiger partial charge in [0.05, 0.1) is 0 Å². The van der Waals surface area contributed by atoms with Gasteiger partial charge in [-0.3, -0.25) is 0 Å². The van der Waals surface area contributed by atoms with E-state index in [0.717, 1.165) is 22.3 Å². The summed E-state index contributed by atoms with van der Waals surface area (Å²) in [6.07, 6.45) is 0. The number of hydrogen-bond acceptors (Lipinski definition) is 2. The van der Waals surface area contributed by atoms with Crippen molar-refractivity contribution in [3.63, 3.8) is 0 Å². The predicted molar refractivity (Wildman–Crippen MR) is 78.8 cm³/mol. The van der Waals surface area contributed by atoms with Crippen LogP contribution in [-0.2, 0) is 5.41 Å². The summed E-state index contributed by atoms with van der Waals surface area (Å²) in [4.78, 5) is 0. The smallest absolute Gasteiger partial charge is 0.423 e. The second-order valence-corrected chi connectivity index (χ2v) is 5.84. The van der Waals surface area contributed by atoms with Gasteiger partial charge in [-0.05, 0) is 28.2 Å². The van der Waals surface area contributed by atoms with Crippen LogP contribution < -0.4 is 5.46 Å². The summed E-state index contributed by atoms with van der Waals surface area (Å²) in [6.45, 7) is 4.25. The van der Waals surface area contributed by atoms with E-state index < -0.39 is 7.12 Å². The molecule has 2 nitrogen and oxygen atoms in total. The van der Waals surface area contributed by atoms with Crippen molar-refractivity contribution in [3.05, 3.63) is 52.5 Å². The average Bonchev–Trinajstić information content (AvgIpc) is 2.60. The van der Waals surface area contributed by atoms with E-state index in [1.807, 2.05) is 24.3 Å². The zero-order valence-corrected chi connectivity index (χ0v) is 11.6. The van der Waals surface area contributed by atoms with Crippen molar-refractivity contribution in [2.45, 2.75) is 19.3 Å². The Balaban J connectivity index is 2.45. The minimum absolute atomic E-state index is 0.180. The summed E-state index contributed by atoms with van der Waals surface area (Å²) in [7, 11) is -1.49. The second-order valence-electron chi connectivity index (χ2n) is 5.43. The number of halogens is 1. The van der Waals surface area contributed by atoms with E-state index in [2.05, 4.69) is 19.9 Å². The molecule has 2 N–H and O–H groups in total. The fraction of sp³-hybridized carbons (Fsp3) is 0.200. The van der Waals surface area contributed by atoms with Crippen molar-refractivity contribution >= 4 is 24.2 Å². The van der Waals surface area contributed by atoms with Crippen LogP contribution in [0.15, 0.2) is 36.4 Å². The zero-order valence-electron chi connectivity index (χ0n) is 10.8. The summed E-state index contributed by atoms with van der Waals surface area (Å²) >= 11 is 6.34. The Hall–Kier alpha value is -1.29. The standard InChI is InChI=1S/C15H14BClO2/c1-15(2)9-5-3-7-11(16(18)19)13(9)14-10(15)6-4-8-12(14)17/h3-8,18-19H,1-2H3. The van der Waals surface area contributed by atoms with Gasteiger partial charge in [0.25, 0.3) is 0 Å². The molecule has 0 radical (unpaired) electrons. The molecule has 4 heteroatoms. The largest absolute Gasteiger partial charge is 0.489 e. The van der Waals surface area contributed by atoms with Crippen LogP contribution in [0.1, 0.15) is 25.0 Å². The molecule has 2 aromatic rings. The molecule has 1 aliphatic carbocycles. The van der Waals surface area contributed by atoms with E-state index in [-0.39, 0.29) is 5.41 Å². The van der Waals surface area contributed by atoms with E-state index in [0.29, 0.717) is 10.5 Å². The third kappa shape index (κ3) is 1.66. The maximum atomic E-state index is 9.59. The van der Waals surface area contributed by atoms with Crippen molar-refractivity contribution in [1.82, 2.24) is 0 Å². The highest BCUT2D eigenvalue weighted by Crippen LogP contribution is 2.50. The fourth-order valence-electron chi connectivity index (χ4n) is 3.03. The maximum absolute atomic E-state index is 9.59.